The molecule has 0 aromatic carbocycles. The van der Waals surface area contributed by atoms with Crippen molar-refractivity contribution in [3.05, 3.63) is 53.7 Å². The summed E-state index contributed by atoms with van der Waals surface area (Å²) in [7, 11) is 0. The number of hydrogen-bond acceptors (Lipinski definition) is 4. The molecule has 104 valence electrons. The van der Waals surface area contributed by atoms with Crippen LogP contribution in [0.4, 0.5) is 0 Å². The first-order valence-corrected chi connectivity index (χ1v) is 6.85. The van der Waals surface area contributed by atoms with Gasteiger partial charge in [0.1, 0.15) is 5.76 Å². The van der Waals surface area contributed by atoms with E-state index in [1.165, 1.54) is 0 Å². The molecule has 0 aliphatic carbocycles. The summed E-state index contributed by atoms with van der Waals surface area (Å²) in [5, 5.41) is 1.96. The van der Waals surface area contributed by atoms with Crippen LogP contribution in [0.5, 0.6) is 0 Å². The third-order valence-corrected chi connectivity index (χ3v) is 3.42. The monoisotopic (exact) mass is 271 g/mol. The lowest BCUT2D eigenvalue weighted by molar-refractivity contribution is 0.0824. The van der Waals surface area contributed by atoms with Crippen LogP contribution in [-0.2, 0) is 6.42 Å². The molecule has 1 saturated heterocycles. The van der Waals surface area contributed by atoms with Gasteiger partial charge in [-0.1, -0.05) is 6.07 Å². The van der Waals surface area contributed by atoms with E-state index in [-0.39, 0.29) is 5.91 Å². The summed E-state index contributed by atoms with van der Waals surface area (Å²) in [6.07, 6.45) is 6.08. The molecule has 1 fully saturated rings. The highest BCUT2D eigenvalue weighted by atomic mass is 16.3. The van der Waals surface area contributed by atoms with Gasteiger partial charge in [0.25, 0.3) is 5.91 Å². The molecule has 1 aliphatic heterocycles. The van der Waals surface area contributed by atoms with E-state index in [4.69, 9.17) is 4.42 Å². The number of carbonyl (C=O) groups is 1. The van der Waals surface area contributed by atoms with Gasteiger partial charge in [0, 0.05) is 31.4 Å². The second-order valence-electron chi connectivity index (χ2n) is 4.89. The Morgan fingerprint density at radius 2 is 2.15 bits per heavy atom. The normalized spacial score (nSPS) is 15.4. The molecule has 5 nitrogen and oxygen atoms in total. The Morgan fingerprint density at radius 3 is 2.90 bits per heavy atom. The fourth-order valence-electron chi connectivity index (χ4n) is 2.38. The summed E-state index contributed by atoms with van der Waals surface area (Å²) >= 11 is 0. The molecule has 0 spiro atoms. The number of hydrogen-bond donors (Lipinski definition) is 1. The number of amides is 1. The SMILES string of the molecule is O=C(NN1CCCC1)c1ccoc1Cc1ccccn1. The highest BCUT2D eigenvalue weighted by molar-refractivity contribution is 5.94. The van der Waals surface area contributed by atoms with Crippen LogP contribution in [0.15, 0.2) is 41.1 Å². The number of nitrogens with zero attached hydrogens (tertiary/aromatic N) is 2. The Morgan fingerprint density at radius 1 is 1.30 bits per heavy atom. The van der Waals surface area contributed by atoms with E-state index in [2.05, 4.69) is 10.4 Å². The maximum atomic E-state index is 12.2. The quantitative estimate of drug-likeness (QED) is 0.924. The molecule has 0 unspecified atom stereocenters. The van der Waals surface area contributed by atoms with Crippen molar-refractivity contribution in [1.29, 1.82) is 0 Å². The van der Waals surface area contributed by atoms with Crippen molar-refractivity contribution in [2.45, 2.75) is 19.3 Å². The third-order valence-electron chi connectivity index (χ3n) is 3.42. The van der Waals surface area contributed by atoms with Crippen molar-refractivity contribution in [2.75, 3.05) is 13.1 Å². The summed E-state index contributed by atoms with van der Waals surface area (Å²) in [4.78, 5) is 16.5. The van der Waals surface area contributed by atoms with Crippen molar-refractivity contribution in [3.63, 3.8) is 0 Å². The maximum absolute atomic E-state index is 12.2. The van der Waals surface area contributed by atoms with E-state index in [1.807, 2.05) is 23.2 Å². The minimum atomic E-state index is -0.105. The fraction of sp³-hybridized carbons (Fsp3) is 0.333. The van der Waals surface area contributed by atoms with E-state index in [0.29, 0.717) is 17.7 Å². The van der Waals surface area contributed by atoms with Gasteiger partial charge in [0.2, 0.25) is 0 Å². The molecule has 1 N–H and O–H groups in total. The van der Waals surface area contributed by atoms with E-state index in [0.717, 1.165) is 31.6 Å². The first-order valence-electron chi connectivity index (χ1n) is 6.85. The van der Waals surface area contributed by atoms with Crippen LogP contribution in [0, 0.1) is 0 Å². The number of pyridine rings is 1. The standard InChI is InChI=1S/C15H17N3O2/c19-15(17-18-8-3-4-9-18)13-6-10-20-14(13)11-12-5-1-2-7-16-12/h1-2,5-7,10H,3-4,8-9,11H2,(H,17,19). The average Bonchev–Trinajstić information content (AvgIpc) is 3.11. The van der Waals surface area contributed by atoms with Gasteiger partial charge in [-0.15, -0.1) is 0 Å². The molecule has 3 rings (SSSR count). The van der Waals surface area contributed by atoms with E-state index >= 15 is 0 Å². The van der Waals surface area contributed by atoms with Crippen LogP contribution in [0.25, 0.3) is 0 Å². The molecular formula is C15H17N3O2. The maximum Gasteiger partial charge on any atom is 0.269 e. The largest absolute Gasteiger partial charge is 0.468 e. The summed E-state index contributed by atoms with van der Waals surface area (Å²) in [5.41, 5.74) is 4.39. The van der Waals surface area contributed by atoms with Crippen LogP contribution in [0.1, 0.15) is 34.7 Å². The van der Waals surface area contributed by atoms with Gasteiger partial charge in [-0.25, -0.2) is 5.01 Å². The van der Waals surface area contributed by atoms with Crippen LogP contribution in [0.3, 0.4) is 0 Å². The van der Waals surface area contributed by atoms with E-state index in [1.54, 1.807) is 18.5 Å². The molecular weight excluding hydrogens is 254 g/mol. The Bertz CT molecular complexity index is 574. The molecule has 20 heavy (non-hydrogen) atoms. The van der Waals surface area contributed by atoms with Crippen molar-refractivity contribution >= 4 is 5.91 Å². The highest BCUT2D eigenvalue weighted by Gasteiger charge is 2.19. The topological polar surface area (TPSA) is 58.4 Å². The van der Waals surface area contributed by atoms with Crippen molar-refractivity contribution < 1.29 is 9.21 Å². The number of furan rings is 1. The first kappa shape index (κ1) is 12.9. The third kappa shape index (κ3) is 2.88. The zero-order valence-electron chi connectivity index (χ0n) is 11.2. The minimum Gasteiger partial charge on any atom is -0.468 e. The molecule has 0 radical (unpaired) electrons. The Kier molecular flexibility index (Phi) is 3.78. The fourth-order valence-corrected chi connectivity index (χ4v) is 2.38. The zero-order chi connectivity index (χ0) is 13.8. The lowest BCUT2D eigenvalue weighted by Crippen LogP contribution is -2.40. The molecule has 2 aromatic rings. The van der Waals surface area contributed by atoms with E-state index < -0.39 is 0 Å². The lowest BCUT2D eigenvalue weighted by Gasteiger charge is -2.15. The summed E-state index contributed by atoms with van der Waals surface area (Å²) < 4.78 is 5.43. The van der Waals surface area contributed by atoms with Gasteiger partial charge in [-0.2, -0.15) is 0 Å². The second kappa shape index (κ2) is 5.88. The molecule has 2 aromatic heterocycles. The lowest BCUT2D eigenvalue weighted by atomic mass is 10.1. The van der Waals surface area contributed by atoms with Crippen molar-refractivity contribution in [3.8, 4) is 0 Å². The number of aromatic nitrogens is 1. The Labute approximate surface area is 117 Å². The predicted molar refractivity (Wildman–Crippen MR) is 74.0 cm³/mol. The minimum absolute atomic E-state index is 0.105. The number of rotatable bonds is 4. The Hall–Kier alpha value is -2.14. The molecule has 0 bridgehead atoms. The second-order valence-corrected chi connectivity index (χ2v) is 4.89. The number of hydrazine groups is 1. The molecule has 3 heterocycles. The summed E-state index contributed by atoms with van der Waals surface area (Å²) in [6, 6.07) is 7.43. The van der Waals surface area contributed by atoms with Crippen molar-refractivity contribution in [1.82, 2.24) is 15.4 Å². The van der Waals surface area contributed by atoms with E-state index in [9.17, 15) is 4.79 Å². The van der Waals surface area contributed by atoms with Crippen LogP contribution >= 0.6 is 0 Å². The molecule has 5 heteroatoms. The first-order chi connectivity index (χ1) is 9.83. The smallest absolute Gasteiger partial charge is 0.269 e. The van der Waals surface area contributed by atoms with Gasteiger partial charge in [-0.3, -0.25) is 15.2 Å². The van der Waals surface area contributed by atoms with Crippen LogP contribution in [0.2, 0.25) is 0 Å². The molecule has 1 aliphatic rings. The van der Waals surface area contributed by atoms with Crippen LogP contribution in [-0.4, -0.2) is 29.0 Å². The highest BCUT2D eigenvalue weighted by Crippen LogP contribution is 2.15. The van der Waals surface area contributed by atoms with Gasteiger partial charge in [0.15, 0.2) is 0 Å². The zero-order valence-corrected chi connectivity index (χ0v) is 11.2. The van der Waals surface area contributed by atoms with Crippen molar-refractivity contribution in [2.24, 2.45) is 0 Å². The van der Waals surface area contributed by atoms with Crippen LogP contribution < -0.4 is 5.43 Å². The molecule has 0 saturated carbocycles. The van der Waals surface area contributed by atoms with Gasteiger partial charge >= 0.3 is 0 Å². The summed E-state index contributed by atoms with van der Waals surface area (Å²) in [5.74, 6) is 0.548. The van der Waals surface area contributed by atoms with Gasteiger partial charge < -0.3 is 4.42 Å². The Balaban J connectivity index is 1.71. The average molecular weight is 271 g/mol. The molecule has 1 amide bonds. The van der Waals surface area contributed by atoms with Gasteiger partial charge in [0.05, 0.1) is 11.8 Å². The van der Waals surface area contributed by atoms with Gasteiger partial charge in [-0.05, 0) is 31.0 Å². The predicted octanol–water partition coefficient (Wildman–Crippen LogP) is 2.01. The number of nitrogens with one attached hydrogen (secondary N) is 1. The molecule has 0 atom stereocenters. The summed E-state index contributed by atoms with van der Waals surface area (Å²) in [6.45, 7) is 1.83. The number of carbonyl (C=O) groups excluding carboxylic acids is 1.